The van der Waals surface area contributed by atoms with Crippen molar-refractivity contribution in [2.45, 2.75) is 51.1 Å². The predicted molar refractivity (Wildman–Crippen MR) is 92.7 cm³/mol. The predicted octanol–water partition coefficient (Wildman–Crippen LogP) is 2.97. The molecule has 1 amide bonds. The first-order valence-electron chi connectivity index (χ1n) is 6.71. The van der Waals surface area contributed by atoms with Gasteiger partial charge in [-0.1, -0.05) is 19.4 Å². The second-order valence-electron chi connectivity index (χ2n) is 4.90. The van der Waals surface area contributed by atoms with Gasteiger partial charge >= 0.3 is 0 Å². The van der Waals surface area contributed by atoms with Gasteiger partial charge in [-0.15, -0.1) is 37.2 Å². The van der Waals surface area contributed by atoms with E-state index >= 15 is 0 Å². The molecule has 3 N–H and O–H groups in total. The van der Waals surface area contributed by atoms with Crippen molar-refractivity contribution in [1.82, 2.24) is 10.3 Å². The Balaban J connectivity index is 0. The van der Waals surface area contributed by atoms with Crippen LogP contribution in [-0.4, -0.2) is 16.9 Å². The monoisotopic (exact) mass is 355 g/mol. The van der Waals surface area contributed by atoms with Crippen LogP contribution in [0, 0.1) is 0 Å². The van der Waals surface area contributed by atoms with Gasteiger partial charge in [-0.3, -0.25) is 15.1 Å². The van der Waals surface area contributed by atoms with Crippen LogP contribution in [-0.2, 0) is 11.2 Å². The molecule has 122 valence electrons. The van der Waals surface area contributed by atoms with E-state index in [0.29, 0.717) is 0 Å². The van der Waals surface area contributed by atoms with E-state index in [9.17, 15) is 4.79 Å². The number of primary amides is 1. The molecule has 4 nitrogen and oxygen atoms in total. The van der Waals surface area contributed by atoms with E-state index in [1.165, 1.54) is 5.56 Å². The molecular formula is C14H24Cl3N3O. The molecule has 7 heteroatoms. The molecule has 0 bridgehead atoms. The lowest BCUT2D eigenvalue weighted by molar-refractivity contribution is -0.120. The van der Waals surface area contributed by atoms with Crippen LogP contribution < -0.4 is 11.1 Å². The Morgan fingerprint density at radius 2 is 2.19 bits per heavy atom. The number of rotatable bonds is 5. The maximum absolute atomic E-state index is 11.4. The Hall–Kier alpha value is -0.550. The molecule has 1 aliphatic carbocycles. The molecule has 2 atom stereocenters. The third-order valence-corrected chi connectivity index (χ3v) is 3.52. The molecule has 21 heavy (non-hydrogen) atoms. The van der Waals surface area contributed by atoms with Gasteiger partial charge in [0.25, 0.3) is 0 Å². The fourth-order valence-corrected chi connectivity index (χ4v) is 2.61. The maximum Gasteiger partial charge on any atom is 0.234 e. The number of fused-ring (bicyclic) bond motifs is 1. The van der Waals surface area contributed by atoms with Crippen molar-refractivity contribution in [3.63, 3.8) is 0 Å². The molecule has 0 saturated carbocycles. The molecular weight excluding hydrogens is 333 g/mol. The third kappa shape index (κ3) is 5.99. The zero-order valence-electron chi connectivity index (χ0n) is 12.1. The quantitative estimate of drug-likeness (QED) is 0.852. The number of carbonyl (C=O) groups excluding carboxylic acids is 1. The number of nitrogens with one attached hydrogen (secondary N) is 1. The lowest BCUT2D eigenvalue weighted by Gasteiger charge is -2.28. The molecule has 2 unspecified atom stereocenters. The number of nitrogens with zero attached hydrogens (tertiary/aromatic N) is 1. The van der Waals surface area contributed by atoms with E-state index in [0.717, 1.165) is 37.8 Å². The zero-order chi connectivity index (χ0) is 13.0. The van der Waals surface area contributed by atoms with Gasteiger partial charge < -0.3 is 5.73 Å². The molecule has 0 aliphatic heterocycles. The first-order valence-corrected chi connectivity index (χ1v) is 6.71. The Kier molecular flexibility index (Phi) is 12.0. The van der Waals surface area contributed by atoms with E-state index < -0.39 is 0 Å². The molecule has 0 saturated heterocycles. The average molecular weight is 357 g/mol. The average Bonchev–Trinajstić information content (AvgIpc) is 2.38. The van der Waals surface area contributed by atoms with Crippen molar-refractivity contribution in [3.05, 3.63) is 29.6 Å². The standard InChI is InChI=1S/C14H21N3O.3ClH/c1-2-5-12(14(15)18)17-11-8-3-6-10-7-4-9-16-13(10)11;;;/h4,7,9,11-12,17H,2-3,5-6,8H2,1H3,(H2,15,18);3*1H. The van der Waals surface area contributed by atoms with Crippen LogP contribution in [0.4, 0.5) is 0 Å². The van der Waals surface area contributed by atoms with E-state index in [1.807, 2.05) is 12.3 Å². The summed E-state index contributed by atoms with van der Waals surface area (Å²) in [5, 5.41) is 3.38. The van der Waals surface area contributed by atoms with Crippen LogP contribution in [0.3, 0.4) is 0 Å². The number of aromatic nitrogens is 1. The van der Waals surface area contributed by atoms with Crippen LogP contribution in [0.15, 0.2) is 18.3 Å². The summed E-state index contributed by atoms with van der Waals surface area (Å²) in [6, 6.07) is 4.01. The molecule has 1 aromatic heterocycles. The van der Waals surface area contributed by atoms with Gasteiger partial charge in [0.2, 0.25) is 5.91 Å². The topological polar surface area (TPSA) is 68.0 Å². The van der Waals surface area contributed by atoms with Crippen molar-refractivity contribution >= 4 is 43.1 Å². The van der Waals surface area contributed by atoms with Crippen LogP contribution in [0.5, 0.6) is 0 Å². The number of hydrogen-bond donors (Lipinski definition) is 2. The Morgan fingerprint density at radius 3 is 2.81 bits per heavy atom. The smallest absolute Gasteiger partial charge is 0.234 e. The second-order valence-corrected chi connectivity index (χ2v) is 4.90. The molecule has 0 aromatic carbocycles. The highest BCUT2D eigenvalue weighted by Gasteiger charge is 2.25. The number of aryl methyl sites for hydroxylation is 1. The van der Waals surface area contributed by atoms with Gasteiger partial charge in [0.1, 0.15) is 0 Å². The fraction of sp³-hybridized carbons (Fsp3) is 0.571. The molecule has 1 aliphatic rings. The summed E-state index contributed by atoms with van der Waals surface area (Å²) >= 11 is 0. The van der Waals surface area contributed by atoms with E-state index in [-0.39, 0.29) is 55.2 Å². The summed E-state index contributed by atoms with van der Waals surface area (Å²) < 4.78 is 0. The summed E-state index contributed by atoms with van der Waals surface area (Å²) in [5.74, 6) is -0.264. The molecule has 1 heterocycles. The zero-order valence-corrected chi connectivity index (χ0v) is 14.5. The van der Waals surface area contributed by atoms with Gasteiger partial charge in [0, 0.05) is 6.20 Å². The van der Waals surface area contributed by atoms with Gasteiger partial charge in [0.05, 0.1) is 17.8 Å². The third-order valence-electron chi connectivity index (χ3n) is 3.52. The second kappa shape index (κ2) is 11.1. The van der Waals surface area contributed by atoms with Crippen molar-refractivity contribution < 1.29 is 4.79 Å². The molecule has 0 spiro atoms. The summed E-state index contributed by atoms with van der Waals surface area (Å²) in [6.07, 6.45) is 6.79. The SMILES string of the molecule is CCCC(NC1CCCc2cccnc21)C(N)=O.Cl.Cl.Cl. The summed E-state index contributed by atoms with van der Waals surface area (Å²) in [6.45, 7) is 2.06. The van der Waals surface area contributed by atoms with Crippen LogP contribution in [0.2, 0.25) is 0 Å². The van der Waals surface area contributed by atoms with Gasteiger partial charge in [-0.2, -0.15) is 0 Å². The Bertz CT molecular complexity index is 432. The molecule has 2 rings (SSSR count). The van der Waals surface area contributed by atoms with E-state index in [2.05, 4.69) is 23.3 Å². The summed E-state index contributed by atoms with van der Waals surface area (Å²) in [4.78, 5) is 15.9. The van der Waals surface area contributed by atoms with Crippen molar-refractivity contribution in [3.8, 4) is 0 Å². The highest BCUT2D eigenvalue weighted by molar-refractivity contribution is 5.86. The van der Waals surface area contributed by atoms with Crippen LogP contribution in [0.1, 0.15) is 49.9 Å². The fourth-order valence-electron chi connectivity index (χ4n) is 2.61. The number of carbonyl (C=O) groups is 1. The number of pyridine rings is 1. The maximum atomic E-state index is 11.4. The van der Waals surface area contributed by atoms with Gasteiger partial charge in [0.15, 0.2) is 0 Å². The van der Waals surface area contributed by atoms with Gasteiger partial charge in [-0.05, 0) is 37.3 Å². The molecule has 1 aromatic rings. The van der Waals surface area contributed by atoms with Crippen molar-refractivity contribution in [2.75, 3.05) is 0 Å². The summed E-state index contributed by atoms with van der Waals surface area (Å²) in [5.41, 5.74) is 7.82. The minimum Gasteiger partial charge on any atom is -0.368 e. The Labute approximate surface area is 144 Å². The van der Waals surface area contributed by atoms with E-state index in [1.54, 1.807) is 0 Å². The summed E-state index contributed by atoms with van der Waals surface area (Å²) in [7, 11) is 0. The molecule has 0 radical (unpaired) electrons. The van der Waals surface area contributed by atoms with Crippen molar-refractivity contribution in [1.29, 1.82) is 0 Å². The normalized spacial score (nSPS) is 17.3. The lowest BCUT2D eigenvalue weighted by atomic mass is 9.91. The number of halogens is 3. The van der Waals surface area contributed by atoms with Crippen LogP contribution in [0.25, 0.3) is 0 Å². The minimum absolute atomic E-state index is 0. The van der Waals surface area contributed by atoms with Gasteiger partial charge in [-0.25, -0.2) is 0 Å². The minimum atomic E-state index is -0.264. The number of hydrogen-bond acceptors (Lipinski definition) is 3. The number of amides is 1. The highest BCUT2D eigenvalue weighted by Crippen LogP contribution is 2.28. The first-order chi connectivity index (χ1) is 8.72. The first kappa shape index (κ1) is 22.7. The lowest BCUT2D eigenvalue weighted by Crippen LogP contribution is -2.44. The largest absolute Gasteiger partial charge is 0.368 e. The highest BCUT2D eigenvalue weighted by atomic mass is 35.5. The van der Waals surface area contributed by atoms with Crippen LogP contribution >= 0.6 is 37.2 Å². The number of nitrogens with two attached hydrogens (primary N) is 1. The van der Waals surface area contributed by atoms with Crippen molar-refractivity contribution in [2.24, 2.45) is 5.73 Å². The molecule has 0 fully saturated rings. The van der Waals surface area contributed by atoms with E-state index in [4.69, 9.17) is 5.73 Å². The Morgan fingerprint density at radius 1 is 1.48 bits per heavy atom.